The molecule has 1 rings (SSSR count). The van der Waals surface area contributed by atoms with Gasteiger partial charge < -0.3 is 5.32 Å². The SMILES string of the molecule is CC(NCC(C)(C)C(C)C)c1ccccn1. The molecule has 0 aliphatic rings. The minimum absolute atomic E-state index is 0.319. The highest BCUT2D eigenvalue weighted by molar-refractivity contribution is 5.07. The van der Waals surface area contributed by atoms with Crippen molar-refractivity contribution in [3.63, 3.8) is 0 Å². The third kappa shape index (κ3) is 3.60. The van der Waals surface area contributed by atoms with Gasteiger partial charge >= 0.3 is 0 Å². The van der Waals surface area contributed by atoms with E-state index in [2.05, 4.69) is 51.0 Å². The summed E-state index contributed by atoms with van der Waals surface area (Å²) in [5.41, 5.74) is 1.44. The van der Waals surface area contributed by atoms with Crippen LogP contribution in [0.3, 0.4) is 0 Å². The molecule has 1 atom stereocenters. The molecule has 0 aliphatic heterocycles. The number of nitrogens with one attached hydrogen (secondary N) is 1. The highest BCUT2D eigenvalue weighted by Gasteiger charge is 2.22. The first-order valence-electron chi connectivity index (χ1n) is 6.08. The zero-order valence-corrected chi connectivity index (χ0v) is 11.1. The molecule has 90 valence electrons. The first-order chi connectivity index (χ1) is 7.43. The van der Waals surface area contributed by atoms with Crippen LogP contribution in [-0.4, -0.2) is 11.5 Å². The Kier molecular flexibility index (Phi) is 4.48. The van der Waals surface area contributed by atoms with Crippen LogP contribution in [0.5, 0.6) is 0 Å². The van der Waals surface area contributed by atoms with E-state index in [-0.39, 0.29) is 0 Å². The van der Waals surface area contributed by atoms with E-state index in [0.717, 1.165) is 12.2 Å². The van der Waals surface area contributed by atoms with Gasteiger partial charge in [-0.15, -0.1) is 0 Å². The van der Waals surface area contributed by atoms with Gasteiger partial charge in [0.15, 0.2) is 0 Å². The van der Waals surface area contributed by atoms with E-state index >= 15 is 0 Å². The summed E-state index contributed by atoms with van der Waals surface area (Å²) in [6.45, 7) is 12.3. The van der Waals surface area contributed by atoms with Crippen LogP contribution in [0.25, 0.3) is 0 Å². The van der Waals surface area contributed by atoms with Gasteiger partial charge in [-0.25, -0.2) is 0 Å². The van der Waals surface area contributed by atoms with Gasteiger partial charge in [0, 0.05) is 18.8 Å². The van der Waals surface area contributed by atoms with Crippen LogP contribution in [-0.2, 0) is 0 Å². The van der Waals surface area contributed by atoms with Crippen LogP contribution in [0, 0.1) is 11.3 Å². The molecule has 0 spiro atoms. The molecule has 0 aromatic carbocycles. The largest absolute Gasteiger partial charge is 0.308 e. The molecule has 0 fully saturated rings. The molecule has 0 saturated heterocycles. The minimum atomic E-state index is 0.319. The van der Waals surface area contributed by atoms with Crippen molar-refractivity contribution in [1.82, 2.24) is 10.3 Å². The van der Waals surface area contributed by atoms with E-state index in [4.69, 9.17) is 0 Å². The molecule has 1 aromatic heterocycles. The summed E-state index contributed by atoms with van der Waals surface area (Å²) in [7, 11) is 0. The Morgan fingerprint density at radius 1 is 1.25 bits per heavy atom. The zero-order valence-electron chi connectivity index (χ0n) is 11.1. The molecule has 1 heterocycles. The normalized spacial score (nSPS) is 14.1. The highest BCUT2D eigenvalue weighted by atomic mass is 14.9. The maximum absolute atomic E-state index is 4.36. The quantitative estimate of drug-likeness (QED) is 0.822. The topological polar surface area (TPSA) is 24.9 Å². The van der Waals surface area contributed by atoms with Crippen molar-refractivity contribution < 1.29 is 0 Å². The Morgan fingerprint density at radius 3 is 2.44 bits per heavy atom. The molecule has 0 saturated carbocycles. The van der Waals surface area contributed by atoms with Crippen LogP contribution < -0.4 is 5.32 Å². The van der Waals surface area contributed by atoms with Gasteiger partial charge in [0.25, 0.3) is 0 Å². The molecule has 0 aliphatic carbocycles. The van der Waals surface area contributed by atoms with Crippen LogP contribution in [0.4, 0.5) is 0 Å². The predicted molar refractivity (Wildman–Crippen MR) is 69.3 cm³/mol. The summed E-state index contributed by atoms with van der Waals surface area (Å²) in [6.07, 6.45) is 1.85. The molecule has 0 amide bonds. The van der Waals surface area contributed by atoms with E-state index in [1.165, 1.54) is 0 Å². The molecule has 1 N–H and O–H groups in total. The van der Waals surface area contributed by atoms with Gasteiger partial charge in [-0.3, -0.25) is 4.98 Å². The van der Waals surface area contributed by atoms with Crippen LogP contribution in [0.2, 0.25) is 0 Å². The average Bonchev–Trinajstić information content (AvgIpc) is 2.27. The van der Waals surface area contributed by atoms with E-state index in [0.29, 0.717) is 17.4 Å². The third-order valence-electron chi connectivity index (χ3n) is 3.56. The fraction of sp³-hybridized carbons (Fsp3) is 0.643. The van der Waals surface area contributed by atoms with Gasteiger partial charge in [0.1, 0.15) is 0 Å². The lowest BCUT2D eigenvalue weighted by molar-refractivity contribution is 0.230. The average molecular weight is 220 g/mol. The number of hydrogen-bond donors (Lipinski definition) is 1. The van der Waals surface area contributed by atoms with E-state index in [9.17, 15) is 0 Å². The molecule has 1 aromatic rings. The van der Waals surface area contributed by atoms with Gasteiger partial charge in [-0.05, 0) is 30.4 Å². The molecule has 2 heteroatoms. The van der Waals surface area contributed by atoms with Crippen molar-refractivity contribution in [2.45, 2.75) is 40.7 Å². The van der Waals surface area contributed by atoms with Crippen molar-refractivity contribution in [3.05, 3.63) is 30.1 Å². The summed E-state index contributed by atoms with van der Waals surface area (Å²) in [5, 5.41) is 3.56. The van der Waals surface area contributed by atoms with E-state index in [1.54, 1.807) is 0 Å². The lowest BCUT2D eigenvalue weighted by atomic mass is 9.81. The van der Waals surface area contributed by atoms with E-state index in [1.807, 2.05) is 18.3 Å². The fourth-order valence-corrected chi connectivity index (χ4v) is 1.36. The number of hydrogen-bond acceptors (Lipinski definition) is 2. The van der Waals surface area contributed by atoms with Crippen LogP contribution in [0.1, 0.15) is 46.4 Å². The standard InChI is InChI=1S/C14H24N2/c1-11(2)14(4,5)10-16-12(3)13-8-6-7-9-15-13/h6-9,11-12,16H,10H2,1-5H3. The van der Waals surface area contributed by atoms with Crippen molar-refractivity contribution in [2.24, 2.45) is 11.3 Å². The summed E-state index contributed by atoms with van der Waals surface area (Å²) in [5.74, 6) is 0.677. The molecule has 0 bridgehead atoms. The molecular formula is C14H24N2. The van der Waals surface area contributed by atoms with Crippen molar-refractivity contribution in [3.8, 4) is 0 Å². The first kappa shape index (κ1) is 13.2. The molecular weight excluding hydrogens is 196 g/mol. The first-order valence-corrected chi connectivity index (χ1v) is 6.08. The Balaban J connectivity index is 2.51. The molecule has 0 radical (unpaired) electrons. The monoisotopic (exact) mass is 220 g/mol. The van der Waals surface area contributed by atoms with Gasteiger partial charge in [0.05, 0.1) is 5.69 Å². The summed E-state index contributed by atoms with van der Waals surface area (Å²) in [4.78, 5) is 4.36. The zero-order chi connectivity index (χ0) is 12.2. The number of nitrogens with zero attached hydrogens (tertiary/aromatic N) is 1. The molecule has 16 heavy (non-hydrogen) atoms. The lowest BCUT2D eigenvalue weighted by Gasteiger charge is -2.31. The fourth-order valence-electron chi connectivity index (χ4n) is 1.36. The minimum Gasteiger partial charge on any atom is -0.308 e. The summed E-state index contributed by atoms with van der Waals surface area (Å²) in [6, 6.07) is 6.38. The van der Waals surface area contributed by atoms with Gasteiger partial charge in [-0.2, -0.15) is 0 Å². The van der Waals surface area contributed by atoms with Crippen LogP contribution >= 0.6 is 0 Å². The number of aromatic nitrogens is 1. The van der Waals surface area contributed by atoms with Crippen molar-refractivity contribution >= 4 is 0 Å². The second kappa shape index (κ2) is 5.44. The third-order valence-corrected chi connectivity index (χ3v) is 3.56. The Labute approximate surface area is 99.5 Å². The second-order valence-electron chi connectivity index (χ2n) is 5.50. The molecule has 1 unspecified atom stereocenters. The Hall–Kier alpha value is -0.890. The van der Waals surface area contributed by atoms with E-state index < -0.39 is 0 Å². The van der Waals surface area contributed by atoms with Crippen molar-refractivity contribution in [1.29, 1.82) is 0 Å². The number of pyridine rings is 1. The highest BCUT2D eigenvalue weighted by Crippen LogP contribution is 2.25. The maximum atomic E-state index is 4.36. The second-order valence-corrected chi connectivity index (χ2v) is 5.50. The Morgan fingerprint density at radius 2 is 1.94 bits per heavy atom. The maximum Gasteiger partial charge on any atom is 0.0570 e. The Bertz CT molecular complexity index is 304. The lowest BCUT2D eigenvalue weighted by Crippen LogP contribution is -2.35. The predicted octanol–water partition coefficient (Wildman–Crippen LogP) is 3.41. The summed E-state index contributed by atoms with van der Waals surface area (Å²) < 4.78 is 0. The smallest absolute Gasteiger partial charge is 0.0570 e. The van der Waals surface area contributed by atoms with Gasteiger partial charge in [-0.1, -0.05) is 33.8 Å². The summed E-state index contributed by atoms with van der Waals surface area (Å²) >= 11 is 0. The van der Waals surface area contributed by atoms with Crippen molar-refractivity contribution in [2.75, 3.05) is 6.54 Å². The van der Waals surface area contributed by atoms with Crippen LogP contribution in [0.15, 0.2) is 24.4 Å². The molecule has 2 nitrogen and oxygen atoms in total. The van der Waals surface area contributed by atoms with Gasteiger partial charge in [0.2, 0.25) is 0 Å². The number of rotatable bonds is 5.